The van der Waals surface area contributed by atoms with Crippen molar-refractivity contribution in [1.82, 2.24) is 14.8 Å². The molecule has 1 aliphatic rings. The zero-order valence-corrected chi connectivity index (χ0v) is 14.7. The number of pyridine rings is 1. The maximum Gasteiger partial charge on any atom is 0.289 e. The van der Waals surface area contributed by atoms with E-state index in [1.54, 1.807) is 18.5 Å². The monoisotopic (exact) mass is 343 g/mol. The Balaban J connectivity index is 1.62. The largest absolute Gasteiger partial charge is 0.456 e. The average molecular weight is 343 g/mol. The Bertz CT molecular complexity index is 666. The third kappa shape index (κ3) is 5.14. The van der Waals surface area contributed by atoms with E-state index in [-0.39, 0.29) is 5.91 Å². The van der Waals surface area contributed by atoms with Gasteiger partial charge in [0.15, 0.2) is 5.76 Å². The van der Waals surface area contributed by atoms with Gasteiger partial charge < -0.3 is 14.1 Å². The third-order valence-corrected chi connectivity index (χ3v) is 4.37. The molecule has 3 rings (SSSR count). The van der Waals surface area contributed by atoms with E-state index in [0.717, 1.165) is 50.6 Å². The number of furan rings is 1. The molecule has 1 fully saturated rings. The highest BCUT2D eigenvalue weighted by Gasteiger charge is 2.20. The van der Waals surface area contributed by atoms with Gasteiger partial charge in [0.05, 0.1) is 13.2 Å². The number of ether oxygens (including phenoxy) is 1. The van der Waals surface area contributed by atoms with E-state index in [1.165, 1.54) is 0 Å². The summed E-state index contributed by atoms with van der Waals surface area (Å²) in [6.45, 7) is 7.60. The molecule has 2 aromatic rings. The van der Waals surface area contributed by atoms with Crippen LogP contribution in [0.1, 0.15) is 28.3 Å². The van der Waals surface area contributed by atoms with Crippen LogP contribution in [0.15, 0.2) is 41.1 Å². The van der Waals surface area contributed by atoms with Gasteiger partial charge in [-0.2, -0.15) is 0 Å². The van der Waals surface area contributed by atoms with E-state index in [4.69, 9.17) is 9.15 Å². The molecule has 1 aliphatic heterocycles. The Morgan fingerprint density at radius 1 is 1.20 bits per heavy atom. The van der Waals surface area contributed by atoms with E-state index in [2.05, 4.69) is 9.88 Å². The van der Waals surface area contributed by atoms with Gasteiger partial charge in [0, 0.05) is 45.1 Å². The van der Waals surface area contributed by atoms with Crippen molar-refractivity contribution in [2.45, 2.75) is 19.9 Å². The molecule has 3 heterocycles. The molecule has 0 radical (unpaired) electrons. The fourth-order valence-corrected chi connectivity index (χ4v) is 2.98. The van der Waals surface area contributed by atoms with Crippen LogP contribution in [0.4, 0.5) is 0 Å². The van der Waals surface area contributed by atoms with Crippen LogP contribution in [0.25, 0.3) is 0 Å². The maximum absolute atomic E-state index is 12.8. The van der Waals surface area contributed by atoms with Crippen molar-refractivity contribution in [3.8, 4) is 0 Å². The molecular weight excluding hydrogens is 318 g/mol. The first-order valence-corrected chi connectivity index (χ1v) is 8.77. The molecular formula is C19H25N3O3. The molecule has 6 nitrogen and oxygen atoms in total. The van der Waals surface area contributed by atoms with E-state index in [1.807, 2.05) is 30.0 Å². The summed E-state index contributed by atoms with van der Waals surface area (Å²) in [7, 11) is 0. The number of carbonyl (C=O) groups excluding carboxylic acids is 1. The van der Waals surface area contributed by atoms with Gasteiger partial charge in [-0.15, -0.1) is 0 Å². The number of carbonyl (C=O) groups is 1. The number of aryl methyl sites for hydroxylation is 1. The van der Waals surface area contributed by atoms with Crippen LogP contribution in [0.2, 0.25) is 0 Å². The second-order valence-electron chi connectivity index (χ2n) is 6.30. The first-order valence-electron chi connectivity index (χ1n) is 8.77. The van der Waals surface area contributed by atoms with Crippen molar-refractivity contribution in [2.75, 3.05) is 39.4 Å². The van der Waals surface area contributed by atoms with Crippen LogP contribution in [0.3, 0.4) is 0 Å². The molecule has 0 atom stereocenters. The molecule has 0 unspecified atom stereocenters. The lowest BCUT2D eigenvalue weighted by molar-refractivity contribution is 0.0354. The zero-order valence-electron chi connectivity index (χ0n) is 14.7. The molecule has 1 amide bonds. The molecule has 0 aliphatic carbocycles. The lowest BCUT2D eigenvalue weighted by Crippen LogP contribution is -2.39. The normalized spacial score (nSPS) is 15.2. The van der Waals surface area contributed by atoms with Gasteiger partial charge in [-0.3, -0.25) is 14.7 Å². The molecule has 0 aromatic carbocycles. The van der Waals surface area contributed by atoms with E-state index < -0.39 is 0 Å². The summed E-state index contributed by atoms with van der Waals surface area (Å²) in [4.78, 5) is 21.1. The minimum Gasteiger partial charge on any atom is -0.456 e. The predicted octanol–water partition coefficient (Wildman–Crippen LogP) is 2.35. The number of hydrogen-bond acceptors (Lipinski definition) is 5. The highest BCUT2D eigenvalue weighted by Crippen LogP contribution is 2.13. The standard InChI is InChI=1S/C19H25N3O3/c1-16-3-4-18(25-16)19(23)22(15-17-5-7-20-8-6-17)10-2-9-21-11-13-24-14-12-21/h3-8H,2,9-15H2,1H3. The second-order valence-corrected chi connectivity index (χ2v) is 6.30. The van der Waals surface area contributed by atoms with Crippen molar-refractivity contribution in [1.29, 1.82) is 0 Å². The summed E-state index contributed by atoms with van der Waals surface area (Å²) >= 11 is 0. The first kappa shape index (κ1) is 17.6. The quantitative estimate of drug-likeness (QED) is 0.772. The second kappa shape index (κ2) is 8.78. The summed E-state index contributed by atoms with van der Waals surface area (Å²) in [5.41, 5.74) is 1.07. The van der Waals surface area contributed by atoms with Crippen molar-refractivity contribution < 1.29 is 13.9 Å². The fraction of sp³-hybridized carbons (Fsp3) is 0.474. The summed E-state index contributed by atoms with van der Waals surface area (Å²) in [5, 5.41) is 0. The molecule has 0 saturated carbocycles. The number of nitrogens with zero attached hydrogens (tertiary/aromatic N) is 3. The Kier molecular flexibility index (Phi) is 6.19. The van der Waals surface area contributed by atoms with Crippen molar-refractivity contribution >= 4 is 5.91 Å². The lowest BCUT2D eigenvalue weighted by Gasteiger charge is -2.28. The molecule has 1 saturated heterocycles. The molecule has 0 bridgehead atoms. The van der Waals surface area contributed by atoms with Gasteiger partial charge in [0.1, 0.15) is 5.76 Å². The lowest BCUT2D eigenvalue weighted by atomic mass is 10.2. The molecule has 0 spiro atoms. The highest BCUT2D eigenvalue weighted by molar-refractivity contribution is 5.91. The topological polar surface area (TPSA) is 58.8 Å². The highest BCUT2D eigenvalue weighted by atomic mass is 16.5. The van der Waals surface area contributed by atoms with Crippen LogP contribution < -0.4 is 0 Å². The van der Waals surface area contributed by atoms with Crippen molar-refractivity contribution in [3.05, 3.63) is 53.7 Å². The third-order valence-electron chi connectivity index (χ3n) is 4.37. The summed E-state index contributed by atoms with van der Waals surface area (Å²) < 4.78 is 10.9. The molecule has 2 aromatic heterocycles. The van der Waals surface area contributed by atoms with Crippen LogP contribution in [0.5, 0.6) is 0 Å². The molecule has 25 heavy (non-hydrogen) atoms. The van der Waals surface area contributed by atoms with Crippen molar-refractivity contribution in [3.63, 3.8) is 0 Å². The van der Waals surface area contributed by atoms with Crippen molar-refractivity contribution in [2.24, 2.45) is 0 Å². The minimum absolute atomic E-state index is 0.0631. The molecule has 134 valence electrons. The van der Waals surface area contributed by atoms with Crippen LogP contribution in [0, 0.1) is 6.92 Å². The van der Waals surface area contributed by atoms with E-state index >= 15 is 0 Å². The fourth-order valence-electron chi connectivity index (χ4n) is 2.98. The van der Waals surface area contributed by atoms with Gasteiger partial charge in [-0.1, -0.05) is 0 Å². The van der Waals surface area contributed by atoms with E-state index in [9.17, 15) is 4.79 Å². The number of aromatic nitrogens is 1. The Morgan fingerprint density at radius 3 is 2.64 bits per heavy atom. The maximum atomic E-state index is 12.8. The molecule has 6 heteroatoms. The summed E-state index contributed by atoms with van der Waals surface area (Å²) in [6.07, 6.45) is 4.43. The van der Waals surface area contributed by atoms with Gasteiger partial charge in [-0.25, -0.2) is 0 Å². The van der Waals surface area contributed by atoms with Gasteiger partial charge in [0.25, 0.3) is 5.91 Å². The summed E-state index contributed by atoms with van der Waals surface area (Å²) in [5.74, 6) is 1.09. The Labute approximate surface area is 148 Å². The predicted molar refractivity (Wildman–Crippen MR) is 94.3 cm³/mol. The van der Waals surface area contributed by atoms with E-state index in [0.29, 0.717) is 18.8 Å². The number of amides is 1. The molecule has 0 N–H and O–H groups in total. The minimum atomic E-state index is -0.0631. The van der Waals surface area contributed by atoms with Crippen LogP contribution in [-0.4, -0.2) is 60.1 Å². The van der Waals surface area contributed by atoms with Gasteiger partial charge in [0.2, 0.25) is 0 Å². The smallest absolute Gasteiger partial charge is 0.289 e. The average Bonchev–Trinajstić information content (AvgIpc) is 3.08. The SMILES string of the molecule is Cc1ccc(C(=O)N(CCCN2CCOCC2)Cc2ccncc2)o1. The zero-order chi connectivity index (χ0) is 17.5. The van der Waals surface area contributed by atoms with Crippen LogP contribution >= 0.6 is 0 Å². The first-order chi connectivity index (χ1) is 12.2. The number of hydrogen-bond donors (Lipinski definition) is 0. The Hall–Kier alpha value is -2.18. The number of morpholine rings is 1. The number of rotatable bonds is 7. The van der Waals surface area contributed by atoms with Gasteiger partial charge in [-0.05, 0) is 43.2 Å². The van der Waals surface area contributed by atoms with Gasteiger partial charge >= 0.3 is 0 Å². The van der Waals surface area contributed by atoms with Crippen LogP contribution in [-0.2, 0) is 11.3 Å². The summed E-state index contributed by atoms with van der Waals surface area (Å²) in [6, 6.07) is 7.45. The Morgan fingerprint density at radius 2 is 1.96 bits per heavy atom.